The number of aromatic nitrogens is 1. The van der Waals surface area contributed by atoms with Gasteiger partial charge in [0.1, 0.15) is 5.82 Å². The summed E-state index contributed by atoms with van der Waals surface area (Å²) in [5, 5.41) is 1.08. The number of hydrogen-bond acceptors (Lipinski definition) is 2. The Hall–Kier alpha value is -1.90. The molecule has 0 fully saturated rings. The summed E-state index contributed by atoms with van der Waals surface area (Å²) in [6.45, 7) is 1.52. The molecule has 0 aliphatic carbocycles. The topological polar surface area (TPSA) is 33.2 Å². The Morgan fingerprint density at radius 2 is 1.93 bits per heavy atom. The largest absolute Gasteiger partial charge is 0.300 e. The van der Waals surface area contributed by atoms with Gasteiger partial charge in [-0.05, 0) is 18.2 Å². The van der Waals surface area contributed by atoms with Crippen LogP contribution in [0.2, 0.25) is 0 Å². The summed E-state index contributed by atoms with van der Waals surface area (Å²) in [5.74, 6) is 0.666. The summed E-state index contributed by atoms with van der Waals surface area (Å²) in [7, 11) is 1.72. The molecule has 3 heteroatoms. The molecule has 0 N–H and O–H groups in total. The molecule has 0 aliphatic heterocycles. The zero-order valence-corrected chi connectivity index (χ0v) is 8.77. The van der Waals surface area contributed by atoms with E-state index in [0.29, 0.717) is 5.82 Å². The second-order valence-electron chi connectivity index (χ2n) is 3.44. The van der Waals surface area contributed by atoms with Gasteiger partial charge in [0.15, 0.2) is 0 Å². The predicted molar refractivity (Wildman–Crippen MR) is 60.8 cm³/mol. The first-order chi connectivity index (χ1) is 7.18. The van der Waals surface area contributed by atoms with Gasteiger partial charge in [0, 0.05) is 19.4 Å². The number of carbonyl (C=O) groups excluding carboxylic acids is 1. The van der Waals surface area contributed by atoms with Crippen molar-refractivity contribution in [3.63, 3.8) is 0 Å². The van der Waals surface area contributed by atoms with E-state index in [0.717, 1.165) is 10.9 Å². The molecule has 3 nitrogen and oxygen atoms in total. The number of anilines is 1. The number of fused-ring (bicyclic) bond motifs is 1. The van der Waals surface area contributed by atoms with Gasteiger partial charge >= 0.3 is 0 Å². The Morgan fingerprint density at radius 3 is 2.67 bits per heavy atom. The van der Waals surface area contributed by atoms with Gasteiger partial charge < -0.3 is 4.90 Å². The molecule has 15 heavy (non-hydrogen) atoms. The average molecular weight is 200 g/mol. The van der Waals surface area contributed by atoms with Crippen LogP contribution in [0.25, 0.3) is 10.9 Å². The van der Waals surface area contributed by atoms with Crippen molar-refractivity contribution in [2.24, 2.45) is 0 Å². The smallest absolute Gasteiger partial charge is 0.224 e. The quantitative estimate of drug-likeness (QED) is 0.707. The number of para-hydroxylation sites is 1. The molecule has 0 saturated carbocycles. The number of hydrogen-bond donors (Lipinski definition) is 0. The molecule has 0 spiro atoms. The Kier molecular flexibility index (Phi) is 2.37. The van der Waals surface area contributed by atoms with Crippen molar-refractivity contribution in [2.45, 2.75) is 6.92 Å². The van der Waals surface area contributed by atoms with Crippen LogP contribution >= 0.6 is 0 Å². The van der Waals surface area contributed by atoms with Crippen LogP contribution in [0, 0.1) is 0 Å². The Balaban J connectivity index is 2.51. The van der Waals surface area contributed by atoms with Crippen molar-refractivity contribution in [2.75, 3.05) is 11.9 Å². The minimum Gasteiger partial charge on any atom is -0.300 e. The van der Waals surface area contributed by atoms with Crippen LogP contribution < -0.4 is 4.90 Å². The standard InChI is InChI=1S/C12H12N2O/c1-9(15)14(2)12-8-7-10-5-3-4-6-11(10)13-12/h3-8H,1-2H3. The van der Waals surface area contributed by atoms with Gasteiger partial charge in [0.25, 0.3) is 0 Å². The highest BCUT2D eigenvalue weighted by Crippen LogP contribution is 2.16. The van der Waals surface area contributed by atoms with Gasteiger partial charge in [-0.15, -0.1) is 0 Å². The van der Waals surface area contributed by atoms with E-state index in [1.807, 2.05) is 36.4 Å². The van der Waals surface area contributed by atoms with Crippen LogP contribution in [0.4, 0.5) is 5.82 Å². The van der Waals surface area contributed by atoms with Crippen molar-refractivity contribution in [3.05, 3.63) is 36.4 Å². The summed E-state index contributed by atoms with van der Waals surface area (Å²) >= 11 is 0. The molecule has 0 unspecified atom stereocenters. The molecule has 1 aromatic heterocycles. The molecule has 76 valence electrons. The highest BCUT2D eigenvalue weighted by molar-refractivity contribution is 5.91. The molecule has 0 radical (unpaired) electrons. The van der Waals surface area contributed by atoms with Crippen molar-refractivity contribution in [1.82, 2.24) is 4.98 Å². The third-order valence-corrected chi connectivity index (χ3v) is 2.40. The lowest BCUT2D eigenvalue weighted by atomic mass is 10.2. The Labute approximate surface area is 88.3 Å². The van der Waals surface area contributed by atoms with Crippen LogP contribution in [-0.4, -0.2) is 17.9 Å². The maximum absolute atomic E-state index is 11.2. The second-order valence-corrected chi connectivity index (χ2v) is 3.44. The van der Waals surface area contributed by atoms with E-state index < -0.39 is 0 Å². The minimum absolute atomic E-state index is 0.0159. The van der Waals surface area contributed by atoms with Gasteiger partial charge in [-0.1, -0.05) is 18.2 Å². The fourth-order valence-corrected chi connectivity index (χ4v) is 1.40. The molecule has 0 saturated heterocycles. The van der Waals surface area contributed by atoms with E-state index in [-0.39, 0.29) is 5.91 Å². The number of benzene rings is 1. The summed E-state index contributed by atoms with van der Waals surface area (Å²) in [5.41, 5.74) is 0.906. The molecule has 1 amide bonds. The molecule has 1 aromatic carbocycles. The van der Waals surface area contributed by atoms with Crippen molar-refractivity contribution in [3.8, 4) is 0 Å². The van der Waals surface area contributed by atoms with Crippen LogP contribution in [0.3, 0.4) is 0 Å². The minimum atomic E-state index is -0.0159. The zero-order valence-electron chi connectivity index (χ0n) is 8.77. The lowest BCUT2D eigenvalue weighted by molar-refractivity contribution is -0.116. The summed E-state index contributed by atoms with van der Waals surface area (Å²) in [6.07, 6.45) is 0. The van der Waals surface area contributed by atoms with Crippen LogP contribution in [-0.2, 0) is 4.79 Å². The third-order valence-electron chi connectivity index (χ3n) is 2.40. The fourth-order valence-electron chi connectivity index (χ4n) is 1.40. The number of amides is 1. The predicted octanol–water partition coefficient (Wildman–Crippen LogP) is 2.22. The number of carbonyl (C=O) groups is 1. The van der Waals surface area contributed by atoms with E-state index >= 15 is 0 Å². The molecule has 0 atom stereocenters. The summed E-state index contributed by atoms with van der Waals surface area (Å²) < 4.78 is 0. The van der Waals surface area contributed by atoms with E-state index in [4.69, 9.17) is 0 Å². The van der Waals surface area contributed by atoms with Crippen molar-refractivity contribution < 1.29 is 4.79 Å². The summed E-state index contributed by atoms with van der Waals surface area (Å²) in [4.78, 5) is 17.1. The van der Waals surface area contributed by atoms with Crippen LogP contribution in [0.5, 0.6) is 0 Å². The molecule has 1 heterocycles. The highest BCUT2D eigenvalue weighted by atomic mass is 16.2. The SMILES string of the molecule is CC(=O)N(C)c1ccc2ccccc2n1. The van der Waals surface area contributed by atoms with Crippen molar-refractivity contribution >= 4 is 22.6 Å². The lowest BCUT2D eigenvalue weighted by Gasteiger charge is -2.13. The van der Waals surface area contributed by atoms with Gasteiger partial charge in [-0.3, -0.25) is 4.79 Å². The Bertz CT molecular complexity index is 508. The molecular weight excluding hydrogens is 188 g/mol. The molecular formula is C12H12N2O. The molecule has 0 bridgehead atoms. The fraction of sp³-hybridized carbons (Fsp3) is 0.167. The van der Waals surface area contributed by atoms with E-state index in [1.165, 1.54) is 11.8 Å². The number of pyridine rings is 1. The monoisotopic (exact) mass is 200 g/mol. The third kappa shape index (κ3) is 1.81. The zero-order chi connectivity index (χ0) is 10.8. The van der Waals surface area contributed by atoms with Gasteiger partial charge in [-0.2, -0.15) is 0 Å². The normalized spacial score (nSPS) is 10.3. The van der Waals surface area contributed by atoms with Gasteiger partial charge in [0.2, 0.25) is 5.91 Å². The Morgan fingerprint density at radius 1 is 1.20 bits per heavy atom. The number of rotatable bonds is 1. The maximum atomic E-state index is 11.2. The number of nitrogens with zero attached hydrogens (tertiary/aromatic N) is 2. The first-order valence-electron chi connectivity index (χ1n) is 4.78. The highest BCUT2D eigenvalue weighted by Gasteiger charge is 2.06. The summed E-state index contributed by atoms with van der Waals surface area (Å²) in [6, 6.07) is 11.7. The van der Waals surface area contributed by atoms with E-state index in [2.05, 4.69) is 4.98 Å². The van der Waals surface area contributed by atoms with Crippen LogP contribution in [0.1, 0.15) is 6.92 Å². The van der Waals surface area contributed by atoms with Gasteiger partial charge in [0.05, 0.1) is 5.52 Å². The first kappa shape index (κ1) is 9.65. The van der Waals surface area contributed by atoms with E-state index in [1.54, 1.807) is 7.05 Å². The maximum Gasteiger partial charge on any atom is 0.224 e. The van der Waals surface area contributed by atoms with Crippen molar-refractivity contribution in [1.29, 1.82) is 0 Å². The molecule has 2 rings (SSSR count). The lowest BCUT2D eigenvalue weighted by Crippen LogP contribution is -2.23. The van der Waals surface area contributed by atoms with Gasteiger partial charge in [-0.25, -0.2) is 4.98 Å². The first-order valence-corrected chi connectivity index (χ1v) is 4.78. The van der Waals surface area contributed by atoms with E-state index in [9.17, 15) is 4.79 Å². The molecule has 2 aromatic rings. The average Bonchev–Trinajstić information content (AvgIpc) is 2.27. The molecule has 0 aliphatic rings. The van der Waals surface area contributed by atoms with Crippen LogP contribution in [0.15, 0.2) is 36.4 Å². The second kappa shape index (κ2) is 3.69.